The lowest BCUT2D eigenvalue weighted by Crippen LogP contribution is -2.13. The van der Waals surface area contributed by atoms with Gasteiger partial charge in [0.05, 0.1) is 5.41 Å². The predicted octanol–water partition coefficient (Wildman–Crippen LogP) is 3.17. The third kappa shape index (κ3) is 1.15. The first-order valence-electron chi connectivity index (χ1n) is 5.39. The van der Waals surface area contributed by atoms with E-state index in [1.807, 2.05) is 19.2 Å². The maximum atomic E-state index is 11.2. The Morgan fingerprint density at radius 3 is 2.62 bits per heavy atom. The summed E-state index contributed by atoms with van der Waals surface area (Å²) < 4.78 is 3.22. The Morgan fingerprint density at radius 2 is 2.06 bits per heavy atom. The number of nitrogens with zero attached hydrogens (tertiary/aromatic N) is 1. The quantitative estimate of drug-likeness (QED) is 0.773. The SMILES string of the molecule is Cn1c(C2(C=O)CC2)c(Br)c2ccccc21. The smallest absolute Gasteiger partial charge is 0.132 e. The lowest BCUT2D eigenvalue weighted by Gasteiger charge is -2.10. The van der Waals surface area contributed by atoms with Gasteiger partial charge in [0.15, 0.2) is 0 Å². The largest absolute Gasteiger partial charge is 0.346 e. The van der Waals surface area contributed by atoms with Gasteiger partial charge in [-0.3, -0.25) is 0 Å². The normalized spacial score (nSPS) is 17.6. The number of hydrogen-bond acceptors (Lipinski definition) is 1. The van der Waals surface area contributed by atoms with E-state index in [4.69, 9.17) is 0 Å². The van der Waals surface area contributed by atoms with Gasteiger partial charge in [0.2, 0.25) is 0 Å². The summed E-state index contributed by atoms with van der Waals surface area (Å²) >= 11 is 3.64. The molecule has 0 radical (unpaired) electrons. The number of carbonyl (C=O) groups is 1. The highest BCUT2D eigenvalue weighted by molar-refractivity contribution is 9.10. The number of aldehydes is 1. The molecular formula is C13H12BrNO. The van der Waals surface area contributed by atoms with Crippen LogP contribution in [0.25, 0.3) is 10.9 Å². The summed E-state index contributed by atoms with van der Waals surface area (Å²) in [5, 5.41) is 1.19. The molecule has 1 aliphatic carbocycles. The number of hydrogen-bond donors (Lipinski definition) is 0. The second-order valence-corrected chi connectivity index (χ2v) is 5.31. The van der Waals surface area contributed by atoms with E-state index in [-0.39, 0.29) is 5.41 Å². The monoisotopic (exact) mass is 277 g/mol. The third-order valence-corrected chi connectivity index (χ3v) is 4.33. The summed E-state index contributed by atoms with van der Waals surface area (Å²) in [5.74, 6) is 0. The van der Waals surface area contributed by atoms with E-state index in [1.54, 1.807) is 0 Å². The van der Waals surface area contributed by atoms with Crippen molar-refractivity contribution in [3.8, 4) is 0 Å². The molecule has 0 unspecified atom stereocenters. The zero-order valence-electron chi connectivity index (χ0n) is 9.03. The Bertz CT molecular complexity index is 542. The molecule has 2 nitrogen and oxygen atoms in total. The van der Waals surface area contributed by atoms with Crippen LogP contribution < -0.4 is 0 Å². The van der Waals surface area contributed by atoms with Crippen LogP contribution in [0.15, 0.2) is 28.7 Å². The van der Waals surface area contributed by atoms with Crippen molar-refractivity contribution in [3.05, 3.63) is 34.4 Å². The number of fused-ring (bicyclic) bond motifs is 1. The van der Waals surface area contributed by atoms with Crippen LogP contribution in [0.3, 0.4) is 0 Å². The fourth-order valence-electron chi connectivity index (χ4n) is 2.44. The predicted molar refractivity (Wildman–Crippen MR) is 67.6 cm³/mol. The van der Waals surface area contributed by atoms with E-state index in [9.17, 15) is 4.79 Å². The van der Waals surface area contributed by atoms with Crippen LogP contribution in [0.2, 0.25) is 0 Å². The Labute approximate surface area is 102 Å². The molecule has 1 aromatic carbocycles. The minimum Gasteiger partial charge on any atom is -0.346 e. The molecule has 0 saturated heterocycles. The highest BCUT2D eigenvalue weighted by atomic mass is 79.9. The van der Waals surface area contributed by atoms with Crippen molar-refractivity contribution in [1.29, 1.82) is 0 Å². The molecule has 0 atom stereocenters. The van der Waals surface area contributed by atoms with Crippen LogP contribution in [-0.4, -0.2) is 10.9 Å². The molecule has 0 bridgehead atoms. The van der Waals surface area contributed by atoms with Gasteiger partial charge in [-0.2, -0.15) is 0 Å². The molecule has 16 heavy (non-hydrogen) atoms. The maximum absolute atomic E-state index is 11.2. The second kappa shape index (κ2) is 3.20. The molecule has 1 aliphatic rings. The summed E-state index contributed by atoms with van der Waals surface area (Å²) in [6.07, 6.45) is 3.05. The zero-order valence-corrected chi connectivity index (χ0v) is 10.6. The van der Waals surface area contributed by atoms with Crippen LogP contribution >= 0.6 is 15.9 Å². The van der Waals surface area contributed by atoms with Gasteiger partial charge in [0, 0.05) is 28.1 Å². The molecule has 0 amide bonds. The van der Waals surface area contributed by atoms with Crippen LogP contribution in [0.5, 0.6) is 0 Å². The first kappa shape index (κ1) is 10.1. The van der Waals surface area contributed by atoms with E-state index in [2.05, 4.69) is 32.6 Å². The van der Waals surface area contributed by atoms with E-state index in [1.165, 1.54) is 10.9 Å². The van der Waals surface area contributed by atoms with E-state index < -0.39 is 0 Å². The van der Waals surface area contributed by atoms with Gasteiger partial charge in [-0.05, 0) is 34.8 Å². The molecule has 2 aromatic rings. The van der Waals surface area contributed by atoms with Gasteiger partial charge in [0.25, 0.3) is 0 Å². The van der Waals surface area contributed by atoms with Crippen molar-refractivity contribution in [1.82, 2.24) is 4.57 Å². The molecule has 82 valence electrons. The van der Waals surface area contributed by atoms with Crippen LogP contribution in [0.1, 0.15) is 18.5 Å². The summed E-state index contributed by atoms with van der Waals surface area (Å²) in [4.78, 5) is 11.2. The summed E-state index contributed by atoms with van der Waals surface area (Å²) in [5.41, 5.74) is 2.08. The molecule has 1 saturated carbocycles. The number of halogens is 1. The van der Waals surface area contributed by atoms with E-state index >= 15 is 0 Å². The number of para-hydroxylation sites is 1. The van der Waals surface area contributed by atoms with Crippen molar-refractivity contribution in [2.24, 2.45) is 7.05 Å². The molecule has 0 N–H and O–H groups in total. The molecule has 1 fully saturated rings. The topological polar surface area (TPSA) is 22.0 Å². The first-order valence-corrected chi connectivity index (χ1v) is 6.19. The zero-order chi connectivity index (χ0) is 11.3. The summed E-state index contributed by atoms with van der Waals surface area (Å²) in [7, 11) is 2.03. The van der Waals surface area contributed by atoms with E-state index in [0.29, 0.717) is 0 Å². The van der Waals surface area contributed by atoms with Crippen LogP contribution in [-0.2, 0) is 17.3 Å². The van der Waals surface area contributed by atoms with Gasteiger partial charge in [-0.1, -0.05) is 18.2 Å². The number of aryl methyl sites for hydroxylation is 1. The number of aromatic nitrogens is 1. The minimum absolute atomic E-state index is 0.230. The number of carbonyl (C=O) groups excluding carboxylic acids is 1. The van der Waals surface area contributed by atoms with Crippen LogP contribution in [0, 0.1) is 0 Å². The van der Waals surface area contributed by atoms with Crippen molar-refractivity contribution in [3.63, 3.8) is 0 Å². The van der Waals surface area contributed by atoms with Crippen molar-refractivity contribution >= 4 is 33.1 Å². The maximum Gasteiger partial charge on any atom is 0.132 e. The average Bonchev–Trinajstić information content (AvgIpc) is 3.05. The fraction of sp³-hybridized carbons (Fsp3) is 0.308. The Balaban J connectivity index is 2.37. The molecule has 0 spiro atoms. The highest BCUT2D eigenvalue weighted by Gasteiger charge is 2.48. The number of rotatable bonds is 2. The fourth-order valence-corrected chi connectivity index (χ4v) is 3.44. The Morgan fingerprint density at radius 1 is 1.38 bits per heavy atom. The Hall–Kier alpha value is -1.09. The van der Waals surface area contributed by atoms with Crippen molar-refractivity contribution in [2.75, 3.05) is 0 Å². The Kier molecular flexibility index (Phi) is 2.02. The standard InChI is InChI=1S/C13H12BrNO/c1-15-10-5-3-2-4-9(10)11(14)12(15)13(8-16)6-7-13/h2-5,8H,6-7H2,1H3. The molecule has 3 rings (SSSR count). The second-order valence-electron chi connectivity index (χ2n) is 4.51. The van der Waals surface area contributed by atoms with Crippen LogP contribution in [0.4, 0.5) is 0 Å². The molecule has 1 heterocycles. The molecule has 1 aromatic heterocycles. The van der Waals surface area contributed by atoms with Gasteiger partial charge in [-0.15, -0.1) is 0 Å². The third-order valence-electron chi connectivity index (χ3n) is 3.53. The van der Waals surface area contributed by atoms with Crippen molar-refractivity contribution in [2.45, 2.75) is 18.3 Å². The average molecular weight is 278 g/mol. The van der Waals surface area contributed by atoms with Gasteiger partial charge >= 0.3 is 0 Å². The summed E-state index contributed by atoms with van der Waals surface area (Å²) in [6.45, 7) is 0. The first-order chi connectivity index (χ1) is 7.69. The summed E-state index contributed by atoms with van der Waals surface area (Å²) in [6, 6.07) is 8.23. The highest BCUT2D eigenvalue weighted by Crippen LogP contribution is 2.50. The molecular weight excluding hydrogens is 266 g/mol. The number of benzene rings is 1. The van der Waals surface area contributed by atoms with Crippen molar-refractivity contribution < 1.29 is 4.79 Å². The van der Waals surface area contributed by atoms with Gasteiger partial charge < -0.3 is 9.36 Å². The van der Waals surface area contributed by atoms with Gasteiger partial charge in [0.1, 0.15) is 6.29 Å². The lowest BCUT2D eigenvalue weighted by molar-refractivity contribution is -0.110. The molecule has 0 aliphatic heterocycles. The minimum atomic E-state index is -0.230. The van der Waals surface area contributed by atoms with Gasteiger partial charge in [-0.25, -0.2) is 0 Å². The van der Waals surface area contributed by atoms with E-state index in [0.717, 1.165) is 29.3 Å². The lowest BCUT2D eigenvalue weighted by atomic mass is 10.0. The molecule has 3 heteroatoms.